The predicted octanol–water partition coefficient (Wildman–Crippen LogP) is 4.43. The van der Waals surface area contributed by atoms with Crippen molar-refractivity contribution in [2.75, 3.05) is 13.1 Å². The minimum absolute atomic E-state index is 0.144. The molecule has 0 unspecified atom stereocenters. The van der Waals surface area contributed by atoms with Crippen molar-refractivity contribution in [2.45, 2.75) is 58.5 Å². The molecule has 0 atom stereocenters. The normalized spacial score (nSPS) is 17.0. The number of pyridine rings is 1. The van der Waals surface area contributed by atoms with Gasteiger partial charge in [0.2, 0.25) is 5.91 Å². The van der Waals surface area contributed by atoms with Crippen LogP contribution < -0.4 is 0 Å². The number of carbonyl (C=O) groups excluding carboxylic acids is 2. The fourth-order valence-corrected chi connectivity index (χ4v) is 4.56. The SMILES string of the molecule is CC(C)OC(=O)N1CCC2(CC1)Cc1ccccc1CN(Cc1cccnc1)C2=O.O=C(O)C(F)(F)F. The van der Waals surface area contributed by atoms with Crippen LogP contribution in [0.4, 0.5) is 18.0 Å². The van der Waals surface area contributed by atoms with Gasteiger partial charge in [-0.25, -0.2) is 9.59 Å². The van der Waals surface area contributed by atoms with Crippen molar-refractivity contribution in [3.8, 4) is 0 Å². The number of benzene rings is 1. The van der Waals surface area contributed by atoms with Crippen LogP contribution in [-0.2, 0) is 33.8 Å². The van der Waals surface area contributed by atoms with Crippen molar-refractivity contribution in [2.24, 2.45) is 5.41 Å². The predicted molar refractivity (Wildman–Crippen MR) is 127 cm³/mol. The van der Waals surface area contributed by atoms with E-state index in [1.807, 2.05) is 49.2 Å². The van der Waals surface area contributed by atoms with Gasteiger partial charge in [-0.3, -0.25) is 9.78 Å². The summed E-state index contributed by atoms with van der Waals surface area (Å²) in [6.07, 6.45) is 0.0767. The van der Waals surface area contributed by atoms with Crippen LogP contribution in [0.5, 0.6) is 0 Å². The zero-order valence-corrected chi connectivity index (χ0v) is 20.7. The number of likely N-dealkylation sites (tertiary alicyclic amines) is 1. The Kier molecular flexibility index (Phi) is 8.77. The Morgan fingerprint density at radius 3 is 2.27 bits per heavy atom. The summed E-state index contributed by atoms with van der Waals surface area (Å²) in [5, 5.41) is 7.12. The van der Waals surface area contributed by atoms with Gasteiger partial charge in [-0.05, 0) is 55.9 Å². The zero-order chi connectivity index (χ0) is 27.2. The lowest BCUT2D eigenvalue weighted by Crippen LogP contribution is -2.51. The first-order chi connectivity index (χ1) is 17.4. The fraction of sp³-hybridized carbons (Fsp3) is 0.462. The van der Waals surface area contributed by atoms with E-state index in [-0.39, 0.29) is 18.1 Å². The third-order valence-corrected chi connectivity index (χ3v) is 6.40. The lowest BCUT2D eigenvalue weighted by molar-refractivity contribution is -0.192. The van der Waals surface area contributed by atoms with Crippen molar-refractivity contribution < 1.29 is 37.4 Å². The fourth-order valence-electron chi connectivity index (χ4n) is 4.56. The lowest BCUT2D eigenvalue weighted by atomic mass is 9.73. The molecule has 200 valence electrons. The molecule has 1 aromatic carbocycles. The van der Waals surface area contributed by atoms with Gasteiger partial charge in [0.05, 0.1) is 11.5 Å². The quantitative estimate of drug-likeness (QED) is 0.642. The van der Waals surface area contributed by atoms with E-state index in [0.717, 1.165) is 12.0 Å². The average Bonchev–Trinajstić information content (AvgIpc) is 2.94. The number of amides is 2. The molecule has 1 aromatic heterocycles. The number of carbonyl (C=O) groups is 3. The first-order valence-electron chi connectivity index (χ1n) is 11.9. The molecule has 2 aromatic rings. The van der Waals surface area contributed by atoms with Crippen LogP contribution in [-0.4, -0.2) is 63.2 Å². The third-order valence-electron chi connectivity index (χ3n) is 6.40. The number of rotatable bonds is 3. The van der Waals surface area contributed by atoms with E-state index in [1.54, 1.807) is 11.1 Å². The number of fused-ring (bicyclic) bond motifs is 1. The standard InChI is InChI=1S/C24H29N3O3.C2HF3O2/c1-18(2)30-23(29)26-12-9-24(10-13-26)14-20-7-3-4-8-21(20)17-27(22(24)28)16-19-6-5-11-25-15-19;3-2(4,5)1(6)7/h3-8,11,15,18H,9-10,12-14,16-17H2,1-2H3;(H,6,7). The number of ether oxygens (including phenoxy) is 1. The Balaban J connectivity index is 0.000000479. The van der Waals surface area contributed by atoms with Gasteiger partial charge in [0, 0.05) is 38.6 Å². The molecule has 0 radical (unpaired) electrons. The number of aromatic nitrogens is 1. The number of carboxylic acids is 1. The highest BCUT2D eigenvalue weighted by Gasteiger charge is 2.46. The molecular weight excluding hydrogens is 491 g/mol. The molecule has 2 aliphatic heterocycles. The first kappa shape index (κ1) is 27.9. The Bertz CT molecular complexity index is 1100. The molecule has 11 heteroatoms. The monoisotopic (exact) mass is 521 g/mol. The average molecular weight is 522 g/mol. The van der Waals surface area contributed by atoms with Crippen molar-refractivity contribution >= 4 is 18.0 Å². The Labute approximate surface area is 213 Å². The van der Waals surface area contributed by atoms with Crippen LogP contribution in [0, 0.1) is 5.41 Å². The van der Waals surface area contributed by atoms with Gasteiger partial charge in [0.25, 0.3) is 0 Å². The van der Waals surface area contributed by atoms with Gasteiger partial charge >= 0.3 is 18.2 Å². The molecule has 0 bridgehead atoms. The molecule has 1 spiro atoms. The molecule has 0 aliphatic carbocycles. The van der Waals surface area contributed by atoms with Gasteiger partial charge < -0.3 is 19.6 Å². The van der Waals surface area contributed by atoms with Crippen molar-refractivity contribution in [1.29, 1.82) is 0 Å². The summed E-state index contributed by atoms with van der Waals surface area (Å²) < 4.78 is 37.1. The molecular formula is C26H30F3N3O5. The third kappa shape index (κ3) is 7.21. The Morgan fingerprint density at radius 2 is 1.73 bits per heavy atom. The van der Waals surface area contributed by atoms with E-state index in [9.17, 15) is 22.8 Å². The molecule has 8 nitrogen and oxygen atoms in total. The Hall–Kier alpha value is -3.63. The molecule has 1 N–H and O–H groups in total. The zero-order valence-electron chi connectivity index (χ0n) is 20.7. The van der Waals surface area contributed by atoms with E-state index in [4.69, 9.17) is 14.6 Å². The van der Waals surface area contributed by atoms with E-state index >= 15 is 0 Å². The number of alkyl halides is 3. The van der Waals surface area contributed by atoms with E-state index in [0.29, 0.717) is 39.0 Å². The maximum atomic E-state index is 13.8. The van der Waals surface area contributed by atoms with Gasteiger partial charge in [-0.2, -0.15) is 13.2 Å². The minimum atomic E-state index is -5.08. The molecule has 4 rings (SSSR count). The van der Waals surface area contributed by atoms with E-state index in [1.165, 1.54) is 11.1 Å². The molecule has 0 saturated carbocycles. The van der Waals surface area contributed by atoms with Gasteiger partial charge in [0.15, 0.2) is 0 Å². The summed E-state index contributed by atoms with van der Waals surface area (Å²) >= 11 is 0. The van der Waals surface area contributed by atoms with Crippen molar-refractivity contribution in [3.63, 3.8) is 0 Å². The van der Waals surface area contributed by atoms with Gasteiger partial charge in [-0.1, -0.05) is 30.3 Å². The van der Waals surface area contributed by atoms with Crippen LogP contribution in [0.25, 0.3) is 0 Å². The highest BCUT2D eigenvalue weighted by Crippen LogP contribution is 2.41. The number of piperidine rings is 1. The van der Waals surface area contributed by atoms with Crippen molar-refractivity contribution in [1.82, 2.24) is 14.8 Å². The smallest absolute Gasteiger partial charge is 0.475 e. The number of aliphatic carboxylic acids is 1. The van der Waals surface area contributed by atoms with E-state index < -0.39 is 17.6 Å². The second-order valence-corrected chi connectivity index (χ2v) is 9.47. The van der Waals surface area contributed by atoms with Crippen LogP contribution in [0.2, 0.25) is 0 Å². The number of carboxylic acid groups (broad SMARTS) is 1. The summed E-state index contributed by atoms with van der Waals surface area (Å²) in [7, 11) is 0. The van der Waals surface area contributed by atoms with Crippen molar-refractivity contribution in [3.05, 3.63) is 65.5 Å². The van der Waals surface area contributed by atoms with Crippen LogP contribution in [0.15, 0.2) is 48.8 Å². The summed E-state index contributed by atoms with van der Waals surface area (Å²) in [5.41, 5.74) is 2.98. The second-order valence-electron chi connectivity index (χ2n) is 9.47. The summed E-state index contributed by atoms with van der Waals surface area (Å²) in [5.74, 6) is -2.58. The minimum Gasteiger partial charge on any atom is -0.475 e. The first-order valence-corrected chi connectivity index (χ1v) is 11.9. The Morgan fingerprint density at radius 1 is 1.11 bits per heavy atom. The van der Waals surface area contributed by atoms with Crippen LogP contribution in [0.3, 0.4) is 0 Å². The summed E-state index contributed by atoms with van der Waals surface area (Å²) in [6.45, 7) is 5.93. The number of nitrogens with zero attached hydrogens (tertiary/aromatic N) is 3. The maximum absolute atomic E-state index is 13.8. The largest absolute Gasteiger partial charge is 0.490 e. The molecule has 37 heavy (non-hydrogen) atoms. The van der Waals surface area contributed by atoms with Crippen LogP contribution in [0.1, 0.15) is 43.4 Å². The second kappa shape index (κ2) is 11.6. The van der Waals surface area contributed by atoms with E-state index in [2.05, 4.69) is 17.1 Å². The molecule has 1 saturated heterocycles. The topological polar surface area (TPSA) is 100 Å². The molecule has 1 fully saturated rings. The highest BCUT2D eigenvalue weighted by molar-refractivity contribution is 5.84. The molecule has 2 amide bonds. The van der Waals surface area contributed by atoms with Gasteiger partial charge in [-0.15, -0.1) is 0 Å². The number of halogens is 3. The molecule has 3 heterocycles. The maximum Gasteiger partial charge on any atom is 0.490 e. The summed E-state index contributed by atoms with van der Waals surface area (Å²) in [6, 6.07) is 12.2. The number of hydrogen-bond donors (Lipinski definition) is 1. The summed E-state index contributed by atoms with van der Waals surface area (Å²) in [4.78, 5) is 43.0. The number of hydrogen-bond acceptors (Lipinski definition) is 5. The molecule has 2 aliphatic rings. The lowest BCUT2D eigenvalue weighted by Gasteiger charge is -2.41. The highest BCUT2D eigenvalue weighted by atomic mass is 19.4. The van der Waals surface area contributed by atoms with Crippen LogP contribution >= 0.6 is 0 Å². The van der Waals surface area contributed by atoms with Gasteiger partial charge in [0.1, 0.15) is 0 Å².